The van der Waals surface area contributed by atoms with Crippen LogP contribution < -0.4 is 11.5 Å². The summed E-state index contributed by atoms with van der Waals surface area (Å²) in [6, 6.07) is 0. The van der Waals surface area contributed by atoms with E-state index in [-0.39, 0.29) is 5.54 Å². The predicted molar refractivity (Wildman–Crippen MR) is 43.6 cm³/mol. The van der Waals surface area contributed by atoms with Crippen LogP contribution in [-0.2, 0) is 0 Å². The van der Waals surface area contributed by atoms with Gasteiger partial charge in [0, 0.05) is 5.54 Å². The molecule has 0 saturated heterocycles. The van der Waals surface area contributed by atoms with Crippen molar-refractivity contribution in [2.24, 2.45) is 17.4 Å². The highest BCUT2D eigenvalue weighted by Crippen LogP contribution is 2.28. The molecule has 0 aromatic rings. The summed E-state index contributed by atoms with van der Waals surface area (Å²) >= 11 is 0. The summed E-state index contributed by atoms with van der Waals surface area (Å²) in [6.45, 7) is 2.98. The first kappa shape index (κ1) is 8.02. The van der Waals surface area contributed by atoms with Crippen molar-refractivity contribution in [1.82, 2.24) is 0 Å². The Bertz CT molecular complexity index is 99.8. The minimum Gasteiger partial charge on any atom is -0.330 e. The molecule has 0 radical (unpaired) electrons. The van der Waals surface area contributed by atoms with Crippen LogP contribution in [-0.4, -0.2) is 12.1 Å². The monoisotopic (exact) mass is 142 g/mol. The lowest BCUT2D eigenvalue weighted by Gasteiger charge is -2.33. The van der Waals surface area contributed by atoms with Crippen molar-refractivity contribution in [3.8, 4) is 0 Å². The van der Waals surface area contributed by atoms with Gasteiger partial charge in [-0.2, -0.15) is 0 Å². The van der Waals surface area contributed by atoms with Crippen molar-refractivity contribution < 1.29 is 0 Å². The van der Waals surface area contributed by atoms with Crippen LogP contribution in [0.15, 0.2) is 0 Å². The molecule has 0 aliphatic heterocycles. The van der Waals surface area contributed by atoms with E-state index < -0.39 is 0 Å². The quantitative estimate of drug-likeness (QED) is 0.570. The van der Waals surface area contributed by atoms with Gasteiger partial charge in [0.15, 0.2) is 0 Å². The van der Waals surface area contributed by atoms with Crippen molar-refractivity contribution in [2.75, 3.05) is 6.54 Å². The highest BCUT2D eigenvalue weighted by molar-refractivity contribution is 4.85. The number of hydrogen-bond donors (Lipinski definition) is 2. The van der Waals surface area contributed by atoms with E-state index in [2.05, 4.69) is 6.92 Å². The molecule has 2 nitrogen and oxygen atoms in total. The summed E-state index contributed by atoms with van der Waals surface area (Å²) in [4.78, 5) is 0. The Hall–Kier alpha value is -0.0800. The maximum absolute atomic E-state index is 5.95. The Morgan fingerprint density at radius 3 is 2.30 bits per heavy atom. The average molecular weight is 142 g/mol. The zero-order valence-corrected chi connectivity index (χ0v) is 6.77. The Balaban J connectivity index is 2.31. The number of hydrogen-bond acceptors (Lipinski definition) is 2. The van der Waals surface area contributed by atoms with Crippen molar-refractivity contribution in [1.29, 1.82) is 0 Å². The Kier molecular flexibility index (Phi) is 2.32. The molecule has 1 rings (SSSR count). The third-order valence-electron chi connectivity index (χ3n) is 2.58. The Morgan fingerprint density at radius 1 is 1.40 bits per heavy atom. The smallest absolute Gasteiger partial charge is 0.0126 e. The fraction of sp³-hybridized carbons (Fsp3) is 1.00. The van der Waals surface area contributed by atoms with Gasteiger partial charge in [-0.05, 0) is 45.1 Å². The number of nitrogens with two attached hydrogens (primary N) is 2. The lowest BCUT2D eigenvalue weighted by atomic mass is 9.78. The van der Waals surface area contributed by atoms with E-state index in [0.717, 1.165) is 25.3 Å². The molecule has 0 bridgehead atoms. The van der Waals surface area contributed by atoms with Crippen LogP contribution in [0.25, 0.3) is 0 Å². The van der Waals surface area contributed by atoms with Gasteiger partial charge in [0.2, 0.25) is 0 Å². The van der Waals surface area contributed by atoms with Gasteiger partial charge in [-0.15, -0.1) is 0 Å². The normalized spacial score (nSPS) is 41.7. The molecule has 0 spiro atoms. The van der Waals surface area contributed by atoms with Crippen molar-refractivity contribution in [3.05, 3.63) is 0 Å². The molecule has 2 heteroatoms. The first-order valence-corrected chi connectivity index (χ1v) is 4.13. The Labute approximate surface area is 63.0 Å². The number of rotatable bonds is 1. The molecule has 0 atom stereocenters. The molecule has 1 aliphatic carbocycles. The molecule has 1 aliphatic rings. The second-order valence-corrected chi connectivity index (χ2v) is 3.83. The largest absolute Gasteiger partial charge is 0.330 e. The Morgan fingerprint density at radius 2 is 1.90 bits per heavy atom. The van der Waals surface area contributed by atoms with Crippen LogP contribution in [0.1, 0.15) is 32.6 Å². The fourth-order valence-corrected chi connectivity index (χ4v) is 1.57. The van der Waals surface area contributed by atoms with Gasteiger partial charge < -0.3 is 11.5 Å². The minimum absolute atomic E-state index is 0.103. The van der Waals surface area contributed by atoms with Gasteiger partial charge in [0.1, 0.15) is 0 Å². The highest BCUT2D eigenvalue weighted by Gasteiger charge is 2.26. The van der Waals surface area contributed by atoms with Gasteiger partial charge >= 0.3 is 0 Å². The molecule has 60 valence electrons. The summed E-state index contributed by atoms with van der Waals surface area (Å²) in [5.74, 6) is 0.747. The van der Waals surface area contributed by atoms with Crippen molar-refractivity contribution in [2.45, 2.75) is 38.1 Å². The SMILES string of the molecule is CC1(N)CCC(CN)CC1. The third-order valence-corrected chi connectivity index (χ3v) is 2.58. The predicted octanol–water partition coefficient (Wildman–Crippen LogP) is 0.853. The van der Waals surface area contributed by atoms with Gasteiger partial charge in [-0.1, -0.05) is 0 Å². The van der Waals surface area contributed by atoms with Crippen LogP contribution in [0.3, 0.4) is 0 Å². The van der Waals surface area contributed by atoms with Crippen molar-refractivity contribution >= 4 is 0 Å². The zero-order chi connectivity index (χ0) is 7.61. The summed E-state index contributed by atoms with van der Waals surface area (Å²) in [6.07, 6.45) is 4.75. The van der Waals surface area contributed by atoms with E-state index in [1.807, 2.05) is 0 Å². The van der Waals surface area contributed by atoms with Gasteiger partial charge in [-0.3, -0.25) is 0 Å². The second-order valence-electron chi connectivity index (χ2n) is 3.83. The molecule has 0 aromatic carbocycles. The lowest BCUT2D eigenvalue weighted by molar-refractivity contribution is 0.255. The molecule has 0 heterocycles. The van der Waals surface area contributed by atoms with E-state index in [1.54, 1.807) is 0 Å². The molecule has 0 unspecified atom stereocenters. The molecule has 1 saturated carbocycles. The van der Waals surface area contributed by atoms with Gasteiger partial charge in [-0.25, -0.2) is 0 Å². The van der Waals surface area contributed by atoms with E-state index in [4.69, 9.17) is 11.5 Å². The molecule has 4 N–H and O–H groups in total. The molecule has 0 aromatic heterocycles. The van der Waals surface area contributed by atoms with E-state index >= 15 is 0 Å². The van der Waals surface area contributed by atoms with Crippen LogP contribution in [0, 0.1) is 5.92 Å². The standard InChI is InChI=1S/C8H18N2/c1-8(10)4-2-7(6-9)3-5-8/h7H,2-6,9-10H2,1H3. The van der Waals surface area contributed by atoms with Gasteiger partial charge in [0.25, 0.3) is 0 Å². The maximum atomic E-state index is 5.95. The molecular formula is C8H18N2. The van der Waals surface area contributed by atoms with Crippen LogP contribution in [0.4, 0.5) is 0 Å². The van der Waals surface area contributed by atoms with E-state index in [9.17, 15) is 0 Å². The topological polar surface area (TPSA) is 52.0 Å². The first-order valence-electron chi connectivity index (χ1n) is 4.13. The van der Waals surface area contributed by atoms with E-state index in [0.29, 0.717) is 0 Å². The van der Waals surface area contributed by atoms with Crippen molar-refractivity contribution in [3.63, 3.8) is 0 Å². The summed E-state index contributed by atoms with van der Waals surface area (Å²) in [7, 11) is 0. The fourth-order valence-electron chi connectivity index (χ4n) is 1.57. The van der Waals surface area contributed by atoms with Gasteiger partial charge in [0.05, 0.1) is 0 Å². The third kappa shape index (κ3) is 1.96. The molecule has 10 heavy (non-hydrogen) atoms. The first-order chi connectivity index (χ1) is 4.64. The second kappa shape index (κ2) is 2.89. The van der Waals surface area contributed by atoms with Crippen LogP contribution >= 0.6 is 0 Å². The van der Waals surface area contributed by atoms with Crippen LogP contribution in [0.2, 0.25) is 0 Å². The summed E-state index contributed by atoms with van der Waals surface area (Å²) in [5, 5.41) is 0. The molecule has 0 amide bonds. The highest BCUT2D eigenvalue weighted by atomic mass is 14.7. The summed E-state index contributed by atoms with van der Waals surface area (Å²) < 4.78 is 0. The average Bonchev–Trinajstić information content (AvgIpc) is 1.88. The summed E-state index contributed by atoms with van der Waals surface area (Å²) in [5.41, 5.74) is 11.6. The van der Waals surface area contributed by atoms with E-state index in [1.165, 1.54) is 12.8 Å². The maximum Gasteiger partial charge on any atom is 0.0126 e. The molecule has 1 fully saturated rings. The van der Waals surface area contributed by atoms with Crippen LogP contribution in [0.5, 0.6) is 0 Å². The minimum atomic E-state index is 0.103. The molecular weight excluding hydrogens is 124 g/mol. The zero-order valence-electron chi connectivity index (χ0n) is 6.77. The lowest BCUT2D eigenvalue weighted by Crippen LogP contribution is -2.41.